The first kappa shape index (κ1) is 29.2. The van der Waals surface area contributed by atoms with Gasteiger partial charge in [-0.15, -0.1) is 0 Å². The molecule has 0 fully saturated rings. The maximum Gasteiger partial charge on any atom is 0.264 e. The molecule has 3 aromatic carbocycles. The van der Waals surface area contributed by atoms with Gasteiger partial charge in [0, 0.05) is 17.1 Å². The number of hydrogen-bond acceptors (Lipinski definition) is 4. The average molecular weight is 556 g/mol. The van der Waals surface area contributed by atoms with Gasteiger partial charge in [-0.3, -0.25) is 13.9 Å². The molecule has 0 heterocycles. The lowest BCUT2D eigenvalue weighted by Gasteiger charge is -2.34. The van der Waals surface area contributed by atoms with Gasteiger partial charge in [0.15, 0.2) is 0 Å². The lowest BCUT2D eigenvalue weighted by atomic mass is 10.1. The second-order valence-corrected chi connectivity index (χ2v) is 12.3. The highest BCUT2D eigenvalue weighted by atomic mass is 35.5. The highest BCUT2D eigenvalue weighted by molar-refractivity contribution is 7.92. The Bertz CT molecular complexity index is 1330. The third-order valence-corrected chi connectivity index (χ3v) is 7.84. The van der Waals surface area contributed by atoms with Gasteiger partial charge in [-0.05, 0) is 69.2 Å². The molecule has 38 heavy (non-hydrogen) atoms. The van der Waals surface area contributed by atoms with Gasteiger partial charge in [-0.1, -0.05) is 67.1 Å². The number of rotatable bonds is 10. The van der Waals surface area contributed by atoms with Crippen molar-refractivity contribution in [3.05, 3.63) is 95.5 Å². The molecule has 0 aliphatic carbocycles. The van der Waals surface area contributed by atoms with Crippen LogP contribution in [-0.4, -0.2) is 43.3 Å². The van der Waals surface area contributed by atoms with E-state index in [4.69, 9.17) is 11.6 Å². The highest BCUT2D eigenvalue weighted by Crippen LogP contribution is 2.25. The zero-order valence-electron chi connectivity index (χ0n) is 22.1. The Morgan fingerprint density at radius 2 is 1.45 bits per heavy atom. The maximum absolute atomic E-state index is 14.0. The molecule has 1 atom stereocenters. The summed E-state index contributed by atoms with van der Waals surface area (Å²) in [6.45, 7) is 7.06. The monoisotopic (exact) mass is 555 g/mol. The zero-order chi connectivity index (χ0) is 27.9. The van der Waals surface area contributed by atoms with Gasteiger partial charge in [0.05, 0.1) is 10.6 Å². The molecule has 2 amide bonds. The number of halogens is 1. The van der Waals surface area contributed by atoms with E-state index in [0.29, 0.717) is 17.1 Å². The van der Waals surface area contributed by atoms with Crippen molar-refractivity contribution < 1.29 is 18.0 Å². The van der Waals surface area contributed by atoms with Crippen molar-refractivity contribution in [2.24, 2.45) is 0 Å². The van der Waals surface area contributed by atoms with Gasteiger partial charge < -0.3 is 10.2 Å². The summed E-state index contributed by atoms with van der Waals surface area (Å²) in [6, 6.07) is 22.6. The van der Waals surface area contributed by atoms with E-state index < -0.39 is 34.1 Å². The predicted octanol–water partition coefficient (Wildman–Crippen LogP) is 5.26. The SMILES string of the molecule is CC[C@@H](C(=O)NC(C)(C)C)N(Cc1ccc(Cl)cc1)C(=O)CN(c1ccccc1)S(=O)(=O)c1ccccc1. The molecule has 0 aliphatic rings. The number of para-hydroxylation sites is 1. The lowest BCUT2D eigenvalue weighted by Crippen LogP contribution is -2.55. The number of nitrogens with zero attached hydrogens (tertiary/aromatic N) is 2. The first-order valence-corrected chi connectivity index (χ1v) is 14.2. The molecule has 0 aromatic heterocycles. The number of carbonyl (C=O) groups is 2. The first-order chi connectivity index (χ1) is 17.9. The molecule has 0 radical (unpaired) electrons. The zero-order valence-corrected chi connectivity index (χ0v) is 23.7. The Hall–Kier alpha value is -3.36. The Morgan fingerprint density at radius 1 is 0.895 bits per heavy atom. The van der Waals surface area contributed by atoms with Crippen molar-refractivity contribution in [3.63, 3.8) is 0 Å². The molecule has 1 N–H and O–H groups in total. The minimum atomic E-state index is -4.07. The van der Waals surface area contributed by atoms with Crippen LogP contribution in [0.15, 0.2) is 89.8 Å². The number of amides is 2. The molecular weight excluding hydrogens is 522 g/mol. The summed E-state index contributed by atoms with van der Waals surface area (Å²) in [4.78, 5) is 28.8. The van der Waals surface area contributed by atoms with Gasteiger partial charge in [-0.25, -0.2) is 8.42 Å². The Balaban J connectivity index is 2.03. The fourth-order valence-corrected chi connectivity index (χ4v) is 5.56. The van der Waals surface area contributed by atoms with E-state index >= 15 is 0 Å². The summed E-state index contributed by atoms with van der Waals surface area (Å²) in [7, 11) is -4.07. The van der Waals surface area contributed by atoms with Crippen LogP contribution in [0.1, 0.15) is 39.7 Å². The molecule has 0 saturated heterocycles. The van der Waals surface area contributed by atoms with Crippen LogP contribution in [0.5, 0.6) is 0 Å². The van der Waals surface area contributed by atoms with E-state index in [1.165, 1.54) is 17.0 Å². The third kappa shape index (κ3) is 7.58. The molecule has 0 saturated carbocycles. The second kappa shape index (κ2) is 12.5. The molecule has 7 nitrogen and oxygen atoms in total. The molecule has 0 bridgehead atoms. The van der Waals surface area contributed by atoms with Crippen molar-refractivity contribution in [1.29, 1.82) is 0 Å². The Kier molecular flexibility index (Phi) is 9.57. The number of nitrogens with one attached hydrogen (secondary N) is 1. The molecule has 0 aliphatic heterocycles. The smallest absolute Gasteiger partial charge is 0.264 e. The van der Waals surface area contributed by atoms with Crippen LogP contribution in [0, 0.1) is 0 Å². The topological polar surface area (TPSA) is 86.8 Å². The summed E-state index contributed by atoms with van der Waals surface area (Å²) in [6.07, 6.45) is 0.345. The van der Waals surface area contributed by atoms with E-state index in [0.717, 1.165) is 9.87 Å². The van der Waals surface area contributed by atoms with E-state index in [2.05, 4.69) is 5.32 Å². The van der Waals surface area contributed by atoms with E-state index in [1.807, 2.05) is 27.7 Å². The summed E-state index contributed by atoms with van der Waals surface area (Å²) in [5, 5.41) is 3.51. The van der Waals surface area contributed by atoms with Crippen LogP contribution in [0.25, 0.3) is 0 Å². The van der Waals surface area contributed by atoms with Crippen molar-refractivity contribution in [1.82, 2.24) is 10.2 Å². The molecule has 3 rings (SSSR count). The quantitative estimate of drug-likeness (QED) is 0.370. The molecular formula is C29H34ClN3O4S. The first-order valence-electron chi connectivity index (χ1n) is 12.4. The van der Waals surface area contributed by atoms with Crippen LogP contribution in [-0.2, 0) is 26.2 Å². The number of benzene rings is 3. The molecule has 202 valence electrons. The van der Waals surface area contributed by atoms with Gasteiger partial charge in [0.2, 0.25) is 11.8 Å². The molecule has 0 unspecified atom stereocenters. The van der Waals surface area contributed by atoms with Crippen LogP contribution in [0.4, 0.5) is 5.69 Å². The lowest BCUT2D eigenvalue weighted by molar-refractivity contribution is -0.141. The van der Waals surface area contributed by atoms with Gasteiger partial charge in [0.1, 0.15) is 12.6 Å². The van der Waals surface area contributed by atoms with E-state index in [1.54, 1.807) is 72.8 Å². The van der Waals surface area contributed by atoms with Crippen LogP contribution < -0.4 is 9.62 Å². The highest BCUT2D eigenvalue weighted by Gasteiger charge is 2.34. The maximum atomic E-state index is 14.0. The summed E-state index contributed by atoms with van der Waals surface area (Å²) in [5.41, 5.74) is 0.608. The number of hydrogen-bond donors (Lipinski definition) is 1. The van der Waals surface area contributed by atoms with E-state index in [9.17, 15) is 18.0 Å². The van der Waals surface area contributed by atoms with Gasteiger partial charge in [-0.2, -0.15) is 0 Å². The van der Waals surface area contributed by atoms with E-state index in [-0.39, 0.29) is 17.3 Å². The summed E-state index contributed by atoms with van der Waals surface area (Å²) in [5.74, 6) is -0.807. The largest absolute Gasteiger partial charge is 0.350 e. The van der Waals surface area contributed by atoms with Gasteiger partial charge >= 0.3 is 0 Å². The Morgan fingerprint density at radius 3 is 1.97 bits per heavy atom. The van der Waals surface area contributed by atoms with Crippen LogP contribution in [0.3, 0.4) is 0 Å². The standard InChI is InChI=1S/C29H34ClN3O4S/c1-5-26(28(35)31-29(2,3)4)32(20-22-16-18-23(30)19-17-22)27(34)21-33(24-12-8-6-9-13-24)38(36,37)25-14-10-7-11-15-25/h6-19,26H,5,20-21H2,1-4H3,(H,31,35)/t26-/m0/s1. The fourth-order valence-electron chi connectivity index (χ4n) is 4.00. The minimum absolute atomic E-state index is 0.0680. The second-order valence-electron chi connectivity index (χ2n) is 9.97. The number of carbonyl (C=O) groups excluding carboxylic acids is 2. The van der Waals surface area contributed by atoms with Crippen molar-refractivity contribution in [3.8, 4) is 0 Å². The minimum Gasteiger partial charge on any atom is -0.350 e. The molecule has 3 aromatic rings. The average Bonchev–Trinajstić information content (AvgIpc) is 2.88. The Labute approximate surface area is 230 Å². The number of sulfonamides is 1. The van der Waals surface area contributed by atoms with Gasteiger partial charge in [0.25, 0.3) is 10.0 Å². The van der Waals surface area contributed by atoms with Crippen molar-refractivity contribution in [2.75, 3.05) is 10.8 Å². The van der Waals surface area contributed by atoms with Crippen molar-refractivity contribution >= 4 is 39.1 Å². The fraction of sp³-hybridized carbons (Fsp3) is 0.310. The molecule has 9 heteroatoms. The molecule has 0 spiro atoms. The predicted molar refractivity (Wildman–Crippen MR) is 151 cm³/mol. The van der Waals surface area contributed by atoms with Crippen LogP contribution >= 0.6 is 11.6 Å². The third-order valence-electron chi connectivity index (χ3n) is 5.80. The van der Waals surface area contributed by atoms with Crippen LogP contribution in [0.2, 0.25) is 5.02 Å². The van der Waals surface area contributed by atoms with Crippen molar-refractivity contribution in [2.45, 2.75) is 57.1 Å². The summed E-state index contributed by atoms with van der Waals surface area (Å²) >= 11 is 6.05. The normalized spacial score (nSPS) is 12.4. The number of anilines is 1. The summed E-state index contributed by atoms with van der Waals surface area (Å²) < 4.78 is 28.5.